The van der Waals surface area contributed by atoms with Gasteiger partial charge in [0.05, 0.1) is 37.4 Å². The third-order valence-corrected chi connectivity index (χ3v) is 4.58. The molecule has 1 atom stereocenters. The lowest BCUT2D eigenvalue weighted by Gasteiger charge is -2.35. The minimum atomic E-state index is -1.01. The Labute approximate surface area is 171 Å². The number of carbonyl (C=O) groups excluding carboxylic acids is 2. The van der Waals surface area contributed by atoms with Crippen LogP contribution in [0.2, 0.25) is 0 Å². The molecule has 0 radical (unpaired) electrons. The zero-order valence-electron chi connectivity index (χ0n) is 16.1. The molecule has 2 N–H and O–H groups in total. The van der Waals surface area contributed by atoms with E-state index in [0.29, 0.717) is 5.56 Å². The predicted molar refractivity (Wildman–Crippen MR) is 104 cm³/mol. The molecule has 1 aliphatic rings. The Hall–Kier alpha value is -4.19. The van der Waals surface area contributed by atoms with E-state index in [4.69, 9.17) is 15.2 Å². The summed E-state index contributed by atoms with van der Waals surface area (Å²) in [6.45, 7) is 0. The number of nitriles is 1. The number of pyridine rings is 1. The summed E-state index contributed by atoms with van der Waals surface area (Å²) in [5.74, 6) is -3.36. The topological polar surface area (TPSA) is 119 Å². The number of aromatic nitrogens is 1. The molecule has 1 aromatic heterocycles. The Morgan fingerprint density at radius 1 is 1.17 bits per heavy atom. The van der Waals surface area contributed by atoms with Gasteiger partial charge in [-0.15, -0.1) is 0 Å². The number of allylic oxidation sites excluding steroid dienone is 1. The fourth-order valence-corrected chi connectivity index (χ4v) is 3.27. The molecule has 0 fully saturated rings. The average molecular weight is 408 g/mol. The van der Waals surface area contributed by atoms with Crippen molar-refractivity contribution in [3.05, 3.63) is 82.8 Å². The van der Waals surface area contributed by atoms with Gasteiger partial charge in [-0.1, -0.05) is 6.07 Å². The Bertz CT molecular complexity index is 1090. The molecular formula is C21H17FN4O4. The SMILES string of the molecule is COC(=O)C1=C(C(=O)OC)N(c2ccc(F)cc2)C(N)=C(C#N)[C@@H]1c1cccnc1. The molecular weight excluding hydrogens is 391 g/mol. The maximum atomic E-state index is 13.5. The van der Waals surface area contributed by atoms with Crippen LogP contribution in [0.5, 0.6) is 0 Å². The summed E-state index contributed by atoms with van der Waals surface area (Å²) in [5, 5.41) is 9.87. The Morgan fingerprint density at radius 2 is 1.83 bits per heavy atom. The molecule has 152 valence electrons. The highest BCUT2D eigenvalue weighted by Crippen LogP contribution is 2.42. The molecule has 0 amide bonds. The van der Waals surface area contributed by atoms with Crippen LogP contribution in [-0.2, 0) is 19.1 Å². The van der Waals surface area contributed by atoms with Crippen LogP contribution in [0.4, 0.5) is 10.1 Å². The Balaban J connectivity index is 2.39. The molecule has 0 spiro atoms. The third kappa shape index (κ3) is 3.46. The number of methoxy groups -OCH3 is 2. The van der Waals surface area contributed by atoms with Gasteiger partial charge in [-0.05, 0) is 35.9 Å². The number of halogens is 1. The van der Waals surface area contributed by atoms with Gasteiger partial charge >= 0.3 is 11.9 Å². The molecule has 0 bridgehead atoms. The largest absolute Gasteiger partial charge is 0.466 e. The van der Waals surface area contributed by atoms with Gasteiger partial charge in [-0.3, -0.25) is 9.88 Å². The molecule has 9 heteroatoms. The summed E-state index contributed by atoms with van der Waals surface area (Å²) in [5.41, 5.74) is 6.63. The standard InChI is InChI=1S/C21H17FN4O4/c1-29-20(27)17-16(12-4-3-9-25-11-12)15(10-23)19(24)26(18(17)21(28)30-2)14-7-5-13(22)6-8-14/h3-9,11,16H,24H2,1-2H3/t16-/m0/s1. The number of nitrogens with two attached hydrogens (primary N) is 1. The zero-order valence-corrected chi connectivity index (χ0v) is 16.1. The van der Waals surface area contributed by atoms with E-state index in [9.17, 15) is 19.2 Å². The third-order valence-electron chi connectivity index (χ3n) is 4.58. The van der Waals surface area contributed by atoms with E-state index in [1.807, 2.05) is 6.07 Å². The highest BCUT2D eigenvalue weighted by atomic mass is 19.1. The molecule has 0 saturated carbocycles. The van der Waals surface area contributed by atoms with E-state index in [0.717, 1.165) is 26.4 Å². The van der Waals surface area contributed by atoms with E-state index in [1.165, 1.54) is 29.4 Å². The molecule has 0 saturated heterocycles. The van der Waals surface area contributed by atoms with Crippen molar-refractivity contribution in [3.63, 3.8) is 0 Å². The van der Waals surface area contributed by atoms with Crippen molar-refractivity contribution in [2.45, 2.75) is 5.92 Å². The number of hydrogen-bond donors (Lipinski definition) is 1. The van der Waals surface area contributed by atoms with Crippen molar-refractivity contribution in [2.24, 2.45) is 5.73 Å². The first-order chi connectivity index (χ1) is 14.4. The summed E-state index contributed by atoms with van der Waals surface area (Å²) < 4.78 is 23.3. The highest BCUT2D eigenvalue weighted by Gasteiger charge is 2.43. The van der Waals surface area contributed by atoms with Crippen molar-refractivity contribution in [3.8, 4) is 6.07 Å². The molecule has 0 aliphatic carbocycles. The van der Waals surface area contributed by atoms with Gasteiger partial charge in [0.2, 0.25) is 0 Å². The molecule has 2 aromatic rings. The first-order valence-electron chi connectivity index (χ1n) is 8.70. The average Bonchev–Trinajstić information content (AvgIpc) is 2.78. The Kier molecular flexibility index (Phi) is 5.78. The van der Waals surface area contributed by atoms with Gasteiger partial charge < -0.3 is 15.2 Å². The van der Waals surface area contributed by atoms with Gasteiger partial charge in [0, 0.05) is 18.1 Å². The van der Waals surface area contributed by atoms with Gasteiger partial charge in [0.25, 0.3) is 0 Å². The van der Waals surface area contributed by atoms with Crippen LogP contribution in [0.15, 0.2) is 71.5 Å². The number of rotatable bonds is 4. The fraction of sp³-hybridized carbons (Fsp3) is 0.143. The number of anilines is 1. The second-order valence-corrected chi connectivity index (χ2v) is 6.19. The van der Waals surface area contributed by atoms with Crippen LogP contribution in [-0.4, -0.2) is 31.1 Å². The molecule has 30 heavy (non-hydrogen) atoms. The second kappa shape index (κ2) is 8.45. The zero-order chi connectivity index (χ0) is 21.8. The van der Waals surface area contributed by atoms with Gasteiger partial charge in [0.15, 0.2) is 0 Å². The summed E-state index contributed by atoms with van der Waals surface area (Å²) in [6.07, 6.45) is 2.99. The van der Waals surface area contributed by atoms with E-state index < -0.39 is 23.7 Å². The molecule has 1 aromatic carbocycles. The maximum Gasteiger partial charge on any atom is 0.355 e. The molecule has 3 rings (SSSR count). The first kappa shape index (κ1) is 20.5. The van der Waals surface area contributed by atoms with Crippen molar-refractivity contribution in [1.82, 2.24) is 4.98 Å². The molecule has 8 nitrogen and oxygen atoms in total. The van der Waals surface area contributed by atoms with Gasteiger partial charge in [-0.25, -0.2) is 14.0 Å². The number of hydrogen-bond acceptors (Lipinski definition) is 8. The van der Waals surface area contributed by atoms with Gasteiger partial charge in [0.1, 0.15) is 17.3 Å². The number of carbonyl (C=O) groups is 2. The fourth-order valence-electron chi connectivity index (χ4n) is 3.27. The number of benzene rings is 1. The van der Waals surface area contributed by atoms with E-state index >= 15 is 0 Å². The second-order valence-electron chi connectivity index (χ2n) is 6.19. The summed E-state index contributed by atoms with van der Waals surface area (Å²) in [6, 6.07) is 10.3. The Morgan fingerprint density at radius 3 is 2.37 bits per heavy atom. The highest BCUT2D eigenvalue weighted by molar-refractivity contribution is 6.06. The summed E-state index contributed by atoms with van der Waals surface area (Å²) in [4.78, 5) is 30.8. The minimum Gasteiger partial charge on any atom is -0.466 e. The summed E-state index contributed by atoms with van der Waals surface area (Å²) in [7, 11) is 2.30. The van der Waals surface area contributed by atoms with E-state index in [1.54, 1.807) is 12.1 Å². The minimum absolute atomic E-state index is 0.000350. The van der Waals surface area contributed by atoms with Crippen LogP contribution in [0.3, 0.4) is 0 Å². The lowest BCUT2D eigenvalue weighted by molar-refractivity contribution is -0.139. The quantitative estimate of drug-likeness (QED) is 0.764. The monoisotopic (exact) mass is 408 g/mol. The van der Waals surface area contributed by atoms with Crippen molar-refractivity contribution in [1.29, 1.82) is 5.26 Å². The predicted octanol–water partition coefficient (Wildman–Crippen LogP) is 2.12. The van der Waals surface area contributed by atoms with Crippen molar-refractivity contribution < 1.29 is 23.5 Å². The maximum absolute atomic E-state index is 13.5. The van der Waals surface area contributed by atoms with Crippen molar-refractivity contribution in [2.75, 3.05) is 19.1 Å². The van der Waals surface area contributed by atoms with E-state index in [2.05, 4.69) is 4.98 Å². The lowest BCUT2D eigenvalue weighted by atomic mass is 9.81. The number of esters is 2. The van der Waals surface area contributed by atoms with Crippen LogP contribution in [0, 0.1) is 17.1 Å². The van der Waals surface area contributed by atoms with Crippen LogP contribution >= 0.6 is 0 Å². The molecule has 1 aliphatic heterocycles. The molecule has 2 heterocycles. The van der Waals surface area contributed by atoms with Crippen molar-refractivity contribution >= 4 is 17.6 Å². The van der Waals surface area contributed by atoms with Crippen LogP contribution < -0.4 is 10.6 Å². The van der Waals surface area contributed by atoms with Gasteiger partial charge in [-0.2, -0.15) is 5.26 Å². The number of ether oxygens (including phenoxy) is 2. The smallest absolute Gasteiger partial charge is 0.355 e. The van der Waals surface area contributed by atoms with Crippen LogP contribution in [0.1, 0.15) is 11.5 Å². The lowest BCUT2D eigenvalue weighted by Crippen LogP contribution is -2.40. The summed E-state index contributed by atoms with van der Waals surface area (Å²) >= 11 is 0. The first-order valence-corrected chi connectivity index (χ1v) is 8.70. The van der Waals surface area contributed by atoms with E-state index in [-0.39, 0.29) is 28.4 Å². The normalized spacial score (nSPS) is 16.2. The van der Waals surface area contributed by atoms with Crippen LogP contribution in [0.25, 0.3) is 0 Å². The number of nitrogens with zero attached hydrogens (tertiary/aromatic N) is 3. The molecule has 0 unspecified atom stereocenters.